The molecular weight excluding hydrogens is 264 g/mol. The van der Waals surface area contributed by atoms with Crippen LogP contribution in [0.25, 0.3) is 0 Å². The van der Waals surface area contributed by atoms with Crippen LogP contribution in [0.5, 0.6) is 5.75 Å². The highest BCUT2D eigenvalue weighted by Crippen LogP contribution is 2.17. The smallest absolute Gasteiger partial charge is 0.238 e. The summed E-state index contributed by atoms with van der Waals surface area (Å²) in [6.45, 7) is 10.6. The minimum Gasteiger partial charge on any atom is -0.489 e. The largest absolute Gasteiger partial charge is 0.489 e. The van der Waals surface area contributed by atoms with Gasteiger partial charge in [0.2, 0.25) is 5.91 Å². The maximum absolute atomic E-state index is 12.1. The fraction of sp³-hybridized carbons (Fsp3) is 0.471. The molecule has 0 saturated heterocycles. The molecule has 1 aromatic carbocycles. The molecule has 4 nitrogen and oxygen atoms in total. The number of amides is 1. The topological polar surface area (TPSA) is 41.6 Å². The Morgan fingerprint density at radius 3 is 2.67 bits per heavy atom. The zero-order valence-electron chi connectivity index (χ0n) is 13.1. The molecule has 1 N–H and O–H groups in total. The van der Waals surface area contributed by atoms with Gasteiger partial charge in [0, 0.05) is 11.8 Å². The van der Waals surface area contributed by atoms with E-state index >= 15 is 0 Å². The Balaban J connectivity index is 2.54. The molecule has 0 bridgehead atoms. The van der Waals surface area contributed by atoms with E-state index in [0.717, 1.165) is 37.4 Å². The Morgan fingerprint density at radius 1 is 1.33 bits per heavy atom. The van der Waals surface area contributed by atoms with Gasteiger partial charge < -0.3 is 10.1 Å². The summed E-state index contributed by atoms with van der Waals surface area (Å²) < 4.78 is 5.46. The van der Waals surface area contributed by atoms with Crippen LogP contribution in [0.1, 0.15) is 26.7 Å². The summed E-state index contributed by atoms with van der Waals surface area (Å²) >= 11 is 0. The van der Waals surface area contributed by atoms with Gasteiger partial charge in [-0.15, -0.1) is 0 Å². The number of rotatable bonds is 10. The third-order valence-electron chi connectivity index (χ3n) is 2.93. The second-order valence-electron chi connectivity index (χ2n) is 4.95. The summed E-state index contributed by atoms with van der Waals surface area (Å²) in [7, 11) is 0. The van der Waals surface area contributed by atoms with E-state index in [2.05, 4.69) is 30.6 Å². The highest BCUT2D eigenvalue weighted by molar-refractivity contribution is 5.92. The first kappa shape index (κ1) is 17.2. The maximum Gasteiger partial charge on any atom is 0.238 e. The van der Waals surface area contributed by atoms with Gasteiger partial charge in [0.1, 0.15) is 12.4 Å². The predicted octanol–water partition coefficient (Wildman–Crippen LogP) is 3.31. The Labute approximate surface area is 127 Å². The second-order valence-corrected chi connectivity index (χ2v) is 4.95. The first-order chi connectivity index (χ1) is 10.2. The van der Waals surface area contributed by atoms with Gasteiger partial charge in [-0.1, -0.05) is 32.6 Å². The van der Waals surface area contributed by atoms with Crippen molar-refractivity contribution in [3.8, 4) is 5.75 Å². The van der Waals surface area contributed by atoms with Crippen LogP contribution in [-0.2, 0) is 4.79 Å². The quantitative estimate of drug-likeness (QED) is 0.672. The van der Waals surface area contributed by atoms with Crippen LogP contribution in [0.3, 0.4) is 0 Å². The molecule has 0 atom stereocenters. The number of ether oxygens (including phenoxy) is 1. The predicted molar refractivity (Wildman–Crippen MR) is 87.8 cm³/mol. The molecule has 0 radical (unpaired) electrons. The molecule has 116 valence electrons. The lowest BCUT2D eigenvalue weighted by atomic mass is 10.3. The number of carbonyl (C=O) groups is 1. The summed E-state index contributed by atoms with van der Waals surface area (Å²) in [5.74, 6) is 0.740. The molecule has 0 saturated carbocycles. The van der Waals surface area contributed by atoms with Gasteiger partial charge in [0.25, 0.3) is 0 Å². The standard InChI is InChI=1S/C17H26N2O2/c1-4-10-19(11-5-2)14-17(20)18-15-8-7-9-16(13-15)21-12-6-3/h6-9,13H,3-5,10-12,14H2,1-2H3,(H,18,20). The summed E-state index contributed by atoms with van der Waals surface area (Å²) in [6, 6.07) is 7.41. The van der Waals surface area contributed by atoms with Crippen molar-refractivity contribution in [1.29, 1.82) is 0 Å². The van der Waals surface area contributed by atoms with Crippen LogP contribution < -0.4 is 10.1 Å². The van der Waals surface area contributed by atoms with Gasteiger partial charge in [0.15, 0.2) is 0 Å². The van der Waals surface area contributed by atoms with Gasteiger partial charge in [-0.25, -0.2) is 0 Å². The van der Waals surface area contributed by atoms with Gasteiger partial charge in [-0.3, -0.25) is 9.69 Å². The van der Waals surface area contributed by atoms with Crippen LogP contribution in [0.4, 0.5) is 5.69 Å². The van der Waals surface area contributed by atoms with Gasteiger partial charge in [-0.05, 0) is 38.1 Å². The molecule has 1 amide bonds. The third kappa shape index (κ3) is 6.95. The fourth-order valence-electron chi connectivity index (χ4n) is 2.12. The molecule has 0 fully saturated rings. The third-order valence-corrected chi connectivity index (χ3v) is 2.93. The molecule has 1 rings (SSSR count). The molecule has 1 aromatic rings. The van der Waals surface area contributed by atoms with E-state index in [1.807, 2.05) is 24.3 Å². The Bertz CT molecular complexity index is 440. The van der Waals surface area contributed by atoms with E-state index in [0.29, 0.717) is 13.2 Å². The minimum atomic E-state index is 0.0118. The summed E-state index contributed by atoms with van der Waals surface area (Å²) in [5, 5.41) is 2.92. The molecule has 0 aromatic heterocycles. The lowest BCUT2D eigenvalue weighted by Crippen LogP contribution is -2.34. The Hall–Kier alpha value is -1.81. The molecule has 21 heavy (non-hydrogen) atoms. The van der Waals surface area contributed by atoms with Gasteiger partial charge in [0.05, 0.1) is 6.54 Å². The second kappa shape index (κ2) is 10.00. The highest BCUT2D eigenvalue weighted by Gasteiger charge is 2.09. The van der Waals surface area contributed by atoms with Crippen molar-refractivity contribution < 1.29 is 9.53 Å². The van der Waals surface area contributed by atoms with Crippen molar-refractivity contribution in [2.45, 2.75) is 26.7 Å². The molecule has 0 aliphatic heterocycles. The lowest BCUT2D eigenvalue weighted by molar-refractivity contribution is -0.117. The van der Waals surface area contributed by atoms with E-state index in [9.17, 15) is 4.79 Å². The van der Waals surface area contributed by atoms with E-state index in [1.54, 1.807) is 6.08 Å². The number of nitrogens with zero attached hydrogens (tertiary/aromatic N) is 1. The molecule has 0 aliphatic rings. The van der Waals surface area contributed by atoms with E-state index < -0.39 is 0 Å². The Morgan fingerprint density at radius 2 is 2.05 bits per heavy atom. The average Bonchev–Trinajstić information content (AvgIpc) is 2.46. The van der Waals surface area contributed by atoms with Crippen LogP contribution in [0.15, 0.2) is 36.9 Å². The van der Waals surface area contributed by atoms with Gasteiger partial charge in [-0.2, -0.15) is 0 Å². The van der Waals surface area contributed by atoms with Gasteiger partial charge >= 0.3 is 0 Å². The zero-order valence-corrected chi connectivity index (χ0v) is 13.1. The van der Waals surface area contributed by atoms with Crippen molar-refractivity contribution >= 4 is 11.6 Å². The summed E-state index contributed by atoms with van der Waals surface area (Å²) in [5.41, 5.74) is 0.759. The number of hydrogen-bond acceptors (Lipinski definition) is 3. The first-order valence-corrected chi connectivity index (χ1v) is 7.55. The van der Waals surface area contributed by atoms with Crippen molar-refractivity contribution in [2.24, 2.45) is 0 Å². The number of benzene rings is 1. The number of nitrogens with one attached hydrogen (secondary N) is 1. The zero-order chi connectivity index (χ0) is 15.5. The number of carbonyl (C=O) groups excluding carboxylic acids is 1. The van der Waals surface area contributed by atoms with Crippen molar-refractivity contribution in [2.75, 3.05) is 31.6 Å². The SMILES string of the molecule is C=CCOc1cccc(NC(=O)CN(CCC)CCC)c1. The monoisotopic (exact) mass is 290 g/mol. The average molecular weight is 290 g/mol. The molecule has 0 unspecified atom stereocenters. The molecule has 0 aliphatic carbocycles. The molecular formula is C17H26N2O2. The minimum absolute atomic E-state index is 0.0118. The number of hydrogen-bond donors (Lipinski definition) is 1. The van der Waals surface area contributed by atoms with Crippen LogP contribution in [-0.4, -0.2) is 37.0 Å². The van der Waals surface area contributed by atoms with Crippen molar-refractivity contribution in [3.05, 3.63) is 36.9 Å². The lowest BCUT2D eigenvalue weighted by Gasteiger charge is -2.20. The van der Waals surface area contributed by atoms with Crippen LogP contribution in [0.2, 0.25) is 0 Å². The highest BCUT2D eigenvalue weighted by atomic mass is 16.5. The number of anilines is 1. The van der Waals surface area contributed by atoms with E-state index in [4.69, 9.17) is 4.74 Å². The Kier molecular flexibility index (Phi) is 8.21. The molecule has 0 heterocycles. The summed E-state index contributed by atoms with van der Waals surface area (Å²) in [4.78, 5) is 14.3. The van der Waals surface area contributed by atoms with Crippen LogP contribution in [0, 0.1) is 0 Å². The molecule has 0 spiro atoms. The van der Waals surface area contributed by atoms with E-state index in [1.165, 1.54) is 0 Å². The first-order valence-electron chi connectivity index (χ1n) is 7.55. The van der Waals surface area contributed by atoms with Crippen molar-refractivity contribution in [3.63, 3.8) is 0 Å². The summed E-state index contributed by atoms with van der Waals surface area (Å²) in [6.07, 6.45) is 3.80. The molecule has 4 heteroatoms. The normalized spacial score (nSPS) is 10.4. The van der Waals surface area contributed by atoms with Crippen LogP contribution >= 0.6 is 0 Å². The van der Waals surface area contributed by atoms with Crippen molar-refractivity contribution in [1.82, 2.24) is 4.90 Å². The van der Waals surface area contributed by atoms with E-state index in [-0.39, 0.29) is 5.91 Å². The maximum atomic E-state index is 12.1. The fourth-order valence-corrected chi connectivity index (χ4v) is 2.12.